The smallest absolute Gasteiger partial charge is 0.327 e. The molecule has 0 rings (SSSR count). The number of aliphatic carboxylic acids is 1. The zero-order valence-electron chi connectivity index (χ0n) is 39.6. The van der Waals surface area contributed by atoms with E-state index in [-0.39, 0.29) is 61.5 Å². The van der Waals surface area contributed by atoms with Crippen LogP contribution in [0.15, 0.2) is 9.98 Å². The number of thiol groups is 3. The number of guanidine groups is 2. The van der Waals surface area contributed by atoms with Crippen LogP contribution in [0.3, 0.4) is 0 Å². The summed E-state index contributed by atoms with van der Waals surface area (Å²) in [5.74, 6) is -9.79. The Morgan fingerprint density at radius 3 is 1.34 bits per heavy atom. The Bertz CT molecular complexity index is 1750. The van der Waals surface area contributed by atoms with Crippen molar-refractivity contribution in [1.82, 2.24) is 42.5 Å². The molecule has 0 saturated heterocycles. The van der Waals surface area contributed by atoms with Gasteiger partial charge in [0.1, 0.15) is 42.3 Å². The fraction of sp³-hybridized carbons (Fsp3) is 0.725. The summed E-state index contributed by atoms with van der Waals surface area (Å²) in [7, 11) is 0. The van der Waals surface area contributed by atoms with Gasteiger partial charge in [-0.05, 0) is 43.4 Å². The molecule has 10 atom stereocenters. The quantitative estimate of drug-likeness (QED) is 0.0128. The second kappa shape index (κ2) is 33.3. The topological polar surface area (TPSA) is 425 Å². The number of aliphatic imine (C=N–C) groups is 2. The third-order valence-electron chi connectivity index (χ3n) is 10.6. The Hall–Kier alpha value is -5.22. The van der Waals surface area contributed by atoms with Crippen LogP contribution in [0.5, 0.6) is 0 Å². The molecule has 0 aliphatic rings. The average Bonchev–Trinajstić information content (AvgIpc) is 3.28. The molecule has 28 heteroatoms. The minimum Gasteiger partial charge on any atom is -0.480 e. The maximum Gasteiger partial charge on any atom is 0.327 e. The Morgan fingerprint density at radius 1 is 0.515 bits per heavy atom. The van der Waals surface area contributed by atoms with Crippen LogP contribution in [-0.2, 0) is 43.2 Å². The predicted octanol–water partition coefficient (Wildman–Crippen LogP) is -4.45. The van der Waals surface area contributed by atoms with Gasteiger partial charge >= 0.3 is 5.97 Å². The maximum atomic E-state index is 13.8. The highest BCUT2D eigenvalue weighted by Crippen LogP contribution is 2.12. The third kappa shape index (κ3) is 23.7. The first-order valence-electron chi connectivity index (χ1n) is 22.2. The van der Waals surface area contributed by atoms with Crippen LogP contribution in [0.2, 0.25) is 0 Å². The molecule has 0 saturated carbocycles. The zero-order valence-corrected chi connectivity index (χ0v) is 42.3. The monoisotopic (exact) mass is 1020 g/mol. The van der Waals surface area contributed by atoms with Gasteiger partial charge in [-0.1, -0.05) is 54.4 Å². The average molecular weight is 1020 g/mol. The van der Waals surface area contributed by atoms with Crippen molar-refractivity contribution >= 4 is 103 Å². The van der Waals surface area contributed by atoms with Gasteiger partial charge in [0.05, 0.1) is 12.6 Å². The molecule has 0 spiro atoms. The Kier molecular flexibility index (Phi) is 30.7. The van der Waals surface area contributed by atoms with Crippen LogP contribution >= 0.6 is 37.9 Å². The first-order valence-corrected chi connectivity index (χ1v) is 24.1. The fourth-order valence-electron chi connectivity index (χ4n) is 6.02. The van der Waals surface area contributed by atoms with Crippen LogP contribution in [0, 0.1) is 17.8 Å². The largest absolute Gasteiger partial charge is 0.480 e. The number of carbonyl (C=O) groups is 9. The molecule has 0 aromatic rings. The van der Waals surface area contributed by atoms with Crippen molar-refractivity contribution in [1.29, 1.82) is 0 Å². The fourth-order valence-corrected chi connectivity index (χ4v) is 6.78. The molecule has 0 aromatic carbocycles. The lowest BCUT2D eigenvalue weighted by Gasteiger charge is -2.29. The second-order valence-electron chi connectivity index (χ2n) is 16.4. The minimum atomic E-state index is -1.33. The number of carboxylic acid groups (broad SMARTS) is 1. The van der Waals surface area contributed by atoms with Gasteiger partial charge in [-0.25, -0.2) is 4.79 Å². The van der Waals surface area contributed by atoms with E-state index >= 15 is 0 Å². The lowest BCUT2D eigenvalue weighted by Crippen LogP contribution is -2.61. The highest BCUT2D eigenvalue weighted by molar-refractivity contribution is 7.80. The lowest BCUT2D eigenvalue weighted by atomic mass is 9.97. The summed E-state index contributed by atoms with van der Waals surface area (Å²) >= 11 is 12.4. The van der Waals surface area contributed by atoms with Gasteiger partial charge in [-0.3, -0.25) is 48.3 Å². The number of nitrogens with zero attached hydrogens (tertiary/aromatic N) is 2. The van der Waals surface area contributed by atoms with Crippen LogP contribution < -0.4 is 71.2 Å². The predicted molar refractivity (Wildman–Crippen MR) is 267 cm³/mol. The molecule has 19 N–H and O–H groups in total. The SMILES string of the molecule is CC[C@H](C)[C@H](NC(=O)CNC(=O)[C@H](CCCN=C(N)N)NC(=O)[C@@H](NC(=O)[C@H](CS)NC(=O)[C@@H](NC(=O)[C@H](CS)NC(=O)[C@@H](N)CCCN=C(N)N)[C@@H](C)CC)C(C)C)C(=O)N[C@@H](CS)C(=O)O. The molecule has 25 nitrogen and oxygen atoms in total. The Morgan fingerprint density at radius 2 is 0.912 bits per heavy atom. The second-order valence-corrected chi connectivity index (χ2v) is 17.5. The van der Waals surface area contributed by atoms with Crippen molar-refractivity contribution in [2.75, 3.05) is 36.9 Å². The molecule has 0 radical (unpaired) electrons. The van der Waals surface area contributed by atoms with Gasteiger partial charge in [-0.2, -0.15) is 37.9 Å². The molecule has 0 heterocycles. The number of carboxylic acids is 1. The number of amides is 8. The highest BCUT2D eigenvalue weighted by Gasteiger charge is 2.35. The van der Waals surface area contributed by atoms with Gasteiger partial charge in [-0.15, -0.1) is 0 Å². The van der Waals surface area contributed by atoms with E-state index in [2.05, 4.69) is 90.4 Å². The van der Waals surface area contributed by atoms with E-state index in [4.69, 9.17) is 28.7 Å². The molecule has 68 heavy (non-hydrogen) atoms. The lowest BCUT2D eigenvalue weighted by molar-refractivity contribution is -0.141. The summed E-state index contributed by atoms with van der Waals surface area (Å²) in [5, 5.41) is 29.6. The van der Waals surface area contributed by atoms with Crippen molar-refractivity contribution in [3.8, 4) is 0 Å². The third-order valence-corrected chi connectivity index (χ3v) is 11.7. The number of nitrogens with one attached hydrogen (secondary N) is 8. The summed E-state index contributed by atoms with van der Waals surface area (Å²) in [4.78, 5) is 126. The zero-order chi connectivity index (χ0) is 52.3. The van der Waals surface area contributed by atoms with Gasteiger partial charge in [0.25, 0.3) is 0 Å². The van der Waals surface area contributed by atoms with Crippen LogP contribution in [0.1, 0.15) is 80.1 Å². The van der Waals surface area contributed by atoms with Crippen molar-refractivity contribution in [3.63, 3.8) is 0 Å². The van der Waals surface area contributed by atoms with Gasteiger partial charge < -0.3 is 76.3 Å². The van der Waals surface area contributed by atoms with Crippen LogP contribution in [0.25, 0.3) is 0 Å². The van der Waals surface area contributed by atoms with E-state index in [0.29, 0.717) is 19.3 Å². The number of hydrogen-bond acceptors (Lipinski definition) is 15. The molecular formula is C40H75N15O10S3. The van der Waals surface area contributed by atoms with E-state index < -0.39 is 126 Å². The molecular weight excluding hydrogens is 947 g/mol. The summed E-state index contributed by atoms with van der Waals surface area (Å²) < 4.78 is 0. The van der Waals surface area contributed by atoms with E-state index in [1.54, 1.807) is 41.5 Å². The standard InChI is InChI=1S/C40H75N15O10S3/c1-7-20(5)29(36(62)52-26(18-68)38(64)65)53-27(56)15-48-32(58)23(12-10-14-47-40(44)45)49-35(61)28(19(3)4)54-33(59)25(17-67)51-37(63)30(21(6)8-2)55-34(60)24(16-66)50-31(57)22(41)11-9-13-46-39(42)43/h19-26,28-30,66-68H,7-18,41H2,1-6H3,(H,48,58)(H,49,61)(H,50,57)(H,51,63)(H,52,62)(H,53,56)(H,54,59)(H,55,60)(H,64,65)(H4,42,43,46)(H4,44,45,47)/t20-,21-,22-,23-,24-,25-,26-,28-,29-,30-/m0/s1. The van der Waals surface area contributed by atoms with Gasteiger partial charge in [0.2, 0.25) is 47.3 Å². The van der Waals surface area contributed by atoms with E-state index in [9.17, 15) is 48.3 Å². The maximum absolute atomic E-state index is 13.8. The molecule has 388 valence electrons. The number of hydrogen-bond donors (Lipinski definition) is 17. The molecule has 0 fully saturated rings. The van der Waals surface area contributed by atoms with Crippen LogP contribution in [-0.4, -0.2) is 155 Å². The van der Waals surface area contributed by atoms with E-state index in [0.717, 1.165) is 0 Å². The number of carbonyl (C=O) groups excluding carboxylic acids is 8. The van der Waals surface area contributed by atoms with Crippen molar-refractivity contribution in [2.24, 2.45) is 56.4 Å². The van der Waals surface area contributed by atoms with Gasteiger partial charge in [0, 0.05) is 30.3 Å². The van der Waals surface area contributed by atoms with E-state index in [1.165, 1.54) is 0 Å². The molecule has 0 aromatic heterocycles. The molecule has 0 unspecified atom stereocenters. The summed E-state index contributed by atoms with van der Waals surface area (Å²) in [6.45, 7) is 9.85. The van der Waals surface area contributed by atoms with E-state index in [1.807, 2.05) is 0 Å². The van der Waals surface area contributed by atoms with Crippen molar-refractivity contribution < 1.29 is 48.3 Å². The summed E-state index contributed by atoms with van der Waals surface area (Å²) in [6.07, 6.45) is 1.61. The van der Waals surface area contributed by atoms with Gasteiger partial charge in [0.15, 0.2) is 11.9 Å². The molecule has 0 aliphatic carbocycles. The van der Waals surface area contributed by atoms with Crippen LogP contribution in [0.4, 0.5) is 0 Å². The molecule has 8 amide bonds. The minimum absolute atomic E-state index is 0.0315. The first-order chi connectivity index (χ1) is 31.9. The normalized spacial score (nSPS) is 15.4. The molecule has 0 aliphatic heterocycles. The highest BCUT2D eigenvalue weighted by atomic mass is 32.1. The van der Waals surface area contributed by atoms with Crippen molar-refractivity contribution in [3.05, 3.63) is 0 Å². The number of nitrogens with two attached hydrogens (primary N) is 5. The summed E-state index contributed by atoms with van der Waals surface area (Å²) in [6, 6.07) is -9.73. The van der Waals surface area contributed by atoms with Crippen molar-refractivity contribution in [2.45, 2.75) is 128 Å². The Labute approximate surface area is 414 Å². The number of rotatable bonds is 33. The summed E-state index contributed by atoms with van der Waals surface area (Å²) in [5.41, 5.74) is 27.5. The Balaban J connectivity index is 6.09. The first kappa shape index (κ1) is 62.8. The molecule has 0 bridgehead atoms.